The molecule has 96 valence electrons. The van der Waals surface area contributed by atoms with Crippen LogP contribution < -0.4 is 11.1 Å². The second-order valence-electron chi connectivity index (χ2n) is 4.75. The fourth-order valence-electron chi connectivity index (χ4n) is 1.57. The van der Waals surface area contributed by atoms with Gasteiger partial charge in [-0.25, -0.2) is 9.97 Å². The largest absolute Gasteiger partial charge is 0.383 e. The highest BCUT2D eigenvalue weighted by molar-refractivity contribution is 5.55. The molecule has 1 aromatic rings. The summed E-state index contributed by atoms with van der Waals surface area (Å²) in [7, 11) is 0. The zero-order valence-electron chi connectivity index (χ0n) is 11.6. The van der Waals surface area contributed by atoms with Gasteiger partial charge in [0.25, 0.3) is 0 Å². The SMILES string of the molecule is CCc1nc(N)c(C)c(NC(C)(CC)CC)n1. The number of rotatable bonds is 5. The smallest absolute Gasteiger partial charge is 0.135 e. The van der Waals surface area contributed by atoms with Gasteiger partial charge in [-0.1, -0.05) is 20.8 Å². The van der Waals surface area contributed by atoms with Crippen LogP contribution in [0.25, 0.3) is 0 Å². The Morgan fingerprint density at radius 2 is 1.76 bits per heavy atom. The number of nitrogens with zero attached hydrogens (tertiary/aromatic N) is 2. The molecule has 0 aliphatic carbocycles. The zero-order chi connectivity index (χ0) is 13.1. The predicted molar refractivity (Wildman–Crippen MR) is 73.2 cm³/mol. The lowest BCUT2D eigenvalue weighted by molar-refractivity contribution is 0.476. The summed E-state index contributed by atoms with van der Waals surface area (Å²) in [5.41, 5.74) is 6.91. The number of hydrogen-bond donors (Lipinski definition) is 2. The molecule has 0 aliphatic rings. The molecule has 0 saturated heterocycles. The lowest BCUT2D eigenvalue weighted by Gasteiger charge is -2.30. The van der Waals surface area contributed by atoms with Crippen molar-refractivity contribution in [1.82, 2.24) is 9.97 Å². The van der Waals surface area contributed by atoms with E-state index in [-0.39, 0.29) is 5.54 Å². The van der Waals surface area contributed by atoms with Crippen molar-refractivity contribution in [3.8, 4) is 0 Å². The monoisotopic (exact) mass is 236 g/mol. The van der Waals surface area contributed by atoms with E-state index in [2.05, 4.69) is 36.1 Å². The highest BCUT2D eigenvalue weighted by Gasteiger charge is 2.21. The van der Waals surface area contributed by atoms with E-state index in [1.54, 1.807) is 0 Å². The predicted octanol–water partition coefficient (Wildman–Crippen LogP) is 2.92. The van der Waals surface area contributed by atoms with Gasteiger partial charge < -0.3 is 11.1 Å². The van der Waals surface area contributed by atoms with Crippen LogP contribution in [0, 0.1) is 6.92 Å². The fraction of sp³-hybridized carbons (Fsp3) is 0.692. The quantitative estimate of drug-likeness (QED) is 0.825. The van der Waals surface area contributed by atoms with Gasteiger partial charge in [-0.3, -0.25) is 0 Å². The van der Waals surface area contributed by atoms with Crippen LogP contribution in [0.4, 0.5) is 11.6 Å². The Balaban J connectivity index is 3.09. The molecule has 3 N–H and O–H groups in total. The normalized spacial score (nSPS) is 11.6. The van der Waals surface area contributed by atoms with Crippen LogP contribution in [-0.2, 0) is 6.42 Å². The number of nitrogen functional groups attached to an aromatic ring is 1. The number of nitrogens with one attached hydrogen (secondary N) is 1. The molecule has 0 aliphatic heterocycles. The van der Waals surface area contributed by atoms with Gasteiger partial charge in [0.1, 0.15) is 17.5 Å². The van der Waals surface area contributed by atoms with Crippen LogP contribution in [-0.4, -0.2) is 15.5 Å². The lowest BCUT2D eigenvalue weighted by Crippen LogP contribution is -2.34. The van der Waals surface area contributed by atoms with E-state index >= 15 is 0 Å². The van der Waals surface area contributed by atoms with Crippen molar-refractivity contribution in [3.05, 3.63) is 11.4 Å². The van der Waals surface area contributed by atoms with Crippen molar-refractivity contribution in [3.63, 3.8) is 0 Å². The number of aromatic nitrogens is 2. The van der Waals surface area contributed by atoms with Crippen molar-refractivity contribution >= 4 is 11.6 Å². The summed E-state index contributed by atoms with van der Waals surface area (Å²) in [6.45, 7) is 10.6. The first kappa shape index (κ1) is 13.7. The maximum atomic E-state index is 5.91. The van der Waals surface area contributed by atoms with E-state index < -0.39 is 0 Å². The van der Waals surface area contributed by atoms with Crippen molar-refractivity contribution in [1.29, 1.82) is 0 Å². The Kier molecular flexibility index (Phi) is 4.32. The molecule has 0 spiro atoms. The third kappa shape index (κ3) is 3.08. The van der Waals surface area contributed by atoms with Crippen LogP contribution >= 0.6 is 0 Å². The molecule has 0 amide bonds. The number of anilines is 2. The van der Waals surface area contributed by atoms with Crippen LogP contribution in [0.15, 0.2) is 0 Å². The van der Waals surface area contributed by atoms with Gasteiger partial charge in [0.15, 0.2) is 0 Å². The van der Waals surface area contributed by atoms with E-state index in [9.17, 15) is 0 Å². The van der Waals surface area contributed by atoms with Crippen LogP contribution in [0.3, 0.4) is 0 Å². The Bertz CT molecular complexity index is 383. The van der Waals surface area contributed by atoms with Crippen molar-refractivity contribution in [2.24, 2.45) is 0 Å². The fourth-order valence-corrected chi connectivity index (χ4v) is 1.57. The molecule has 0 bridgehead atoms. The summed E-state index contributed by atoms with van der Waals surface area (Å²) in [5.74, 6) is 2.25. The molecule has 4 heteroatoms. The minimum atomic E-state index is 0.0660. The minimum absolute atomic E-state index is 0.0660. The van der Waals surface area contributed by atoms with Gasteiger partial charge in [0.2, 0.25) is 0 Å². The number of nitrogens with two attached hydrogens (primary N) is 1. The molecular weight excluding hydrogens is 212 g/mol. The highest BCUT2D eigenvalue weighted by atomic mass is 15.1. The van der Waals surface area contributed by atoms with Gasteiger partial charge in [-0.05, 0) is 26.7 Å². The van der Waals surface area contributed by atoms with E-state index in [1.165, 1.54) is 0 Å². The van der Waals surface area contributed by atoms with E-state index in [1.807, 2.05) is 13.8 Å². The van der Waals surface area contributed by atoms with Crippen LogP contribution in [0.5, 0.6) is 0 Å². The van der Waals surface area contributed by atoms with Gasteiger partial charge in [-0.15, -0.1) is 0 Å². The summed E-state index contributed by atoms with van der Waals surface area (Å²) < 4.78 is 0. The summed E-state index contributed by atoms with van der Waals surface area (Å²) >= 11 is 0. The number of aryl methyl sites for hydroxylation is 1. The van der Waals surface area contributed by atoms with Crippen molar-refractivity contribution in [2.75, 3.05) is 11.1 Å². The van der Waals surface area contributed by atoms with Crippen LogP contribution in [0.1, 0.15) is 51.9 Å². The lowest BCUT2D eigenvalue weighted by atomic mass is 9.95. The molecule has 0 unspecified atom stereocenters. The van der Waals surface area contributed by atoms with Gasteiger partial charge in [0, 0.05) is 17.5 Å². The molecule has 4 nitrogen and oxygen atoms in total. The van der Waals surface area contributed by atoms with Gasteiger partial charge in [0.05, 0.1) is 0 Å². The molecule has 0 aromatic carbocycles. The summed E-state index contributed by atoms with van der Waals surface area (Å²) in [6, 6.07) is 0. The molecule has 1 rings (SSSR count). The van der Waals surface area contributed by atoms with E-state index in [4.69, 9.17) is 5.73 Å². The molecule has 17 heavy (non-hydrogen) atoms. The Labute approximate surface area is 104 Å². The minimum Gasteiger partial charge on any atom is -0.383 e. The first-order chi connectivity index (χ1) is 7.95. The molecule has 0 radical (unpaired) electrons. The first-order valence-corrected chi connectivity index (χ1v) is 6.37. The first-order valence-electron chi connectivity index (χ1n) is 6.37. The summed E-state index contributed by atoms with van der Waals surface area (Å²) in [6.07, 6.45) is 2.90. The summed E-state index contributed by atoms with van der Waals surface area (Å²) in [4.78, 5) is 8.79. The Hall–Kier alpha value is -1.32. The van der Waals surface area contributed by atoms with Crippen molar-refractivity contribution < 1.29 is 0 Å². The van der Waals surface area contributed by atoms with E-state index in [0.717, 1.165) is 36.5 Å². The maximum absolute atomic E-state index is 5.91. The maximum Gasteiger partial charge on any atom is 0.135 e. The topological polar surface area (TPSA) is 63.8 Å². The highest BCUT2D eigenvalue weighted by Crippen LogP contribution is 2.25. The standard InChI is InChI=1S/C13H24N4/c1-6-10-15-11(14)9(4)12(16-10)17-13(5,7-2)8-3/h6-8H2,1-5H3,(H3,14,15,16,17). The van der Waals surface area contributed by atoms with Gasteiger partial charge >= 0.3 is 0 Å². The average molecular weight is 236 g/mol. The van der Waals surface area contributed by atoms with E-state index in [0.29, 0.717) is 5.82 Å². The molecule has 1 aromatic heterocycles. The second-order valence-corrected chi connectivity index (χ2v) is 4.75. The second kappa shape index (κ2) is 5.34. The van der Waals surface area contributed by atoms with Crippen molar-refractivity contribution in [2.45, 2.75) is 59.4 Å². The molecule has 0 atom stereocenters. The Morgan fingerprint density at radius 3 is 2.24 bits per heavy atom. The molecular formula is C13H24N4. The third-order valence-electron chi connectivity index (χ3n) is 3.53. The molecule has 0 saturated carbocycles. The third-order valence-corrected chi connectivity index (χ3v) is 3.53. The average Bonchev–Trinajstić information content (AvgIpc) is 2.34. The Morgan fingerprint density at radius 1 is 1.18 bits per heavy atom. The molecule has 0 fully saturated rings. The van der Waals surface area contributed by atoms with Gasteiger partial charge in [-0.2, -0.15) is 0 Å². The summed E-state index contributed by atoms with van der Waals surface area (Å²) in [5, 5.41) is 3.51. The number of hydrogen-bond acceptors (Lipinski definition) is 4. The zero-order valence-corrected chi connectivity index (χ0v) is 11.6. The van der Waals surface area contributed by atoms with Crippen LogP contribution in [0.2, 0.25) is 0 Å². The molecule has 1 heterocycles.